The first kappa shape index (κ1) is 23.1. The van der Waals surface area contributed by atoms with E-state index < -0.39 is 35.2 Å². The number of ether oxygens (including phenoxy) is 1. The summed E-state index contributed by atoms with van der Waals surface area (Å²) in [6.07, 6.45) is 0. The predicted molar refractivity (Wildman–Crippen MR) is 112 cm³/mol. The van der Waals surface area contributed by atoms with Gasteiger partial charge in [0.15, 0.2) is 0 Å². The Morgan fingerprint density at radius 3 is 2.61 bits per heavy atom. The lowest BCUT2D eigenvalue weighted by Gasteiger charge is -2.49. The van der Waals surface area contributed by atoms with Gasteiger partial charge in [0.1, 0.15) is 23.7 Å². The van der Waals surface area contributed by atoms with E-state index in [0.29, 0.717) is 22.8 Å². The molecule has 2 N–H and O–H groups in total. The Labute approximate surface area is 187 Å². The fourth-order valence-electron chi connectivity index (χ4n) is 3.47. The van der Waals surface area contributed by atoms with E-state index >= 15 is 0 Å². The fraction of sp³-hybridized carbons (Fsp3) is 0.526. The molecule has 3 atom stereocenters. The first-order chi connectivity index (χ1) is 14.5. The Morgan fingerprint density at radius 1 is 1.39 bits per heavy atom. The molecule has 12 heteroatoms. The van der Waals surface area contributed by atoms with Crippen LogP contribution in [0.25, 0.3) is 0 Å². The monoisotopic (exact) mass is 470 g/mol. The average Bonchev–Trinajstić information content (AvgIpc) is 2.95. The molecule has 0 spiro atoms. The molecule has 2 aliphatic heterocycles. The van der Waals surface area contributed by atoms with E-state index in [1.165, 1.54) is 18.7 Å². The smallest absolute Gasteiger partial charge is 0.352 e. The molecule has 0 radical (unpaired) electrons. The van der Waals surface area contributed by atoms with E-state index in [2.05, 4.69) is 10.4 Å². The van der Waals surface area contributed by atoms with Crippen LogP contribution < -0.4 is 5.32 Å². The van der Waals surface area contributed by atoms with Crippen LogP contribution in [0.5, 0.6) is 0 Å². The number of hydrogen-bond acceptors (Lipinski definition) is 7. The Balaban J connectivity index is 1.67. The predicted octanol–water partition coefficient (Wildman–Crippen LogP) is 1.09. The highest BCUT2D eigenvalue weighted by molar-refractivity contribution is 8.00. The van der Waals surface area contributed by atoms with Crippen molar-refractivity contribution >= 4 is 47.1 Å². The Morgan fingerprint density at radius 2 is 2.06 bits per heavy atom. The van der Waals surface area contributed by atoms with Crippen molar-refractivity contribution in [3.05, 3.63) is 27.7 Å². The number of rotatable bonds is 7. The Kier molecular flexibility index (Phi) is 6.65. The first-order valence-corrected chi connectivity index (χ1v) is 11.0. The summed E-state index contributed by atoms with van der Waals surface area (Å²) >= 11 is 7.46. The summed E-state index contributed by atoms with van der Waals surface area (Å²) in [6.45, 7) is 6.63. The number of nitrogens with zero attached hydrogens (tertiary/aromatic N) is 3. The molecule has 168 valence electrons. The number of amides is 2. The number of halogens is 1. The molecule has 1 aromatic heterocycles. The molecule has 10 nitrogen and oxygen atoms in total. The van der Waals surface area contributed by atoms with Crippen molar-refractivity contribution in [2.45, 2.75) is 45.7 Å². The number of thioether (sulfide) groups is 1. The molecule has 31 heavy (non-hydrogen) atoms. The highest BCUT2D eigenvalue weighted by Crippen LogP contribution is 2.40. The third-order valence-corrected chi connectivity index (χ3v) is 7.07. The quantitative estimate of drug-likeness (QED) is 0.447. The molecule has 1 saturated heterocycles. The van der Waals surface area contributed by atoms with Crippen molar-refractivity contribution < 1.29 is 29.0 Å². The van der Waals surface area contributed by atoms with E-state index in [-0.39, 0.29) is 24.0 Å². The van der Waals surface area contributed by atoms with Crippen LogP contribution in [0.2, 0.25) is 5.02 Å². The molecule has 0 aromatic carbocycles. The summed E-state index contributed by atoms with van der Waals surface area (Å²) < 4.78 is 6.56. The zero-order chi connectivity index (χ0) is 23.0. The summed E-state index contributed by atoms with van der Waals surface area (Å²) in [6, 6.07) is -0.825. The molecular formula is C19H23ClN4O6S. The number of carboxylic acid groups (broad SMARTS) is 1. The molecule has 2 amide bonds. The normalized spacial score (nSPS) is 21.3. The number of β-lactam (4-membered cyclic amide) rings is 1. The van der Waals surface area contributed by atoms with Crippen molar-refractivity contribution in [2.24, 2.45) is 5.92 Å². The molecule has 1 fully saturated rings. The van der Waals surface area contributed by atoms with Gasteiger partial charge in [0.05, 0.1) is 28.9 Å². The first-order valence-electron chi connectivity index (χ1n) is 9.56. The lowest BCUT2D eigenvalue weighted by molar-refractivity contribution is -0.151. The highest BCUT2D eigenvalue weighted by atomic mass is 35.5. The number of carboxylic acids is 1. The molecule has 3 rings (SSSR count). The molecule has 0 bridgehead atoms. The minimum Gasteiger partial charge on any atom is -0.477 e. The van der Waals surface area contributed by atoms with Gasteiger partial charge in [-0.15, -0.1) is 11.8 Å². The summed E-state index contributed by atoms with van der Waals surface area (Å²) in [7, 11) is 0. The van der Waals surface area contributed by atoms with Crippen molar-refractivity contribution in [1.82, 2.24) is 20.0 Å². The van der Waals surface area contributed by atoms with Crippen LogP contribution in [-0.4, -0.2) is 67.3 Å². The van der Waals surface area contributed by atoms with Gasteiger partial charge < -0.3 is 15.2 Å². The zero-order valence-corrected chi connectivity index (χ0v) is 19.0. The van der Waals surface area contributed by atoms with Gasteiger partial charge in [-0.3, -0.25) is 24.0 Å². The van der Waals surface area contributed by atoms with Crippen LogP contribution >= 0.6 is 23.4 Å². The second-order valence-electron chi connectivity index (χ2n) is 7.50. The Bertz CT molecular complexity index is 990. The average molecular weight is 471 g/mol. The third-order valence-electron chi connectivity index (χ3n) is 5.18. The lowest BCUT2D eigenvalue weighted by atomic mass is 10.0. The number of carbonyl (C=O) groups excluding carboxylic acids is 3. The second kappa shape index (κ2) is 8.91. The lowest BCUT2D eigenvalue weighted by Crippen LogP contribution is -2.71. The SMILES string of the molecule is CC(=O)OCC1=C(C(=O)O)N2C(=O)[C@H](NC(=O)[C@H](C)Cn3nc(C)c(Cl)c3C)[C@H]2SC1. The van der Waals surface area contributed by atoms with Gasteiger partial charge in [-0.05, 0) is 13.8 Å². The molecule has 2 aliphatic rings. The van der Waals surface area contributed by atoms with Gasteiger partial charge >= 0.3 is 11.9 Å². The summed E-state index contributed by atoms with van der Waals surface area (Å²) in [5.41, 5.74) is 1.58. The van der Waals surface area contributed by atoms with Crippen LogP contribution in [0.4, 0.5) is 0 Å². The van der Waals surface area contributed by atoms with E-state index in [9.17, 15) is 24.3 Å². The summed E-state index contributed by atoms with van der Waals surface area (Å²) in [4.78, 5) is 49.3. The maximum atomic E-state index is 12.7. The van der Waals surface area contributed by atoms with Crippen LogP contribution in [-0.2, 0) is 30.5 Å². The van der Waals surface area contributed by atoms with Gasteiger partial charge in [-0.25, -0.2) is 4.79 Å². The maximum Gasteiger partial charge on any atom is 0.352 e. The van der Waals surface area contributed by atoms with E-state index in [1.54, 1.807) is 18.5 Å². The maximum absolute atomic E-state index is 12.7. The second-order valence-corrected chi connectivity index (χ2v) is 8.98. The summed E-state index contributed by atoms with van der Waals surface area (Å²) in [5, 5.41) is 16.6. The van der Waals surface area contributed by atoms with E-state index in [0.717, 1.165) is 10.6 Å². The van der Waals surface area contributed by atoms with Gasteiger partial charge in [0.2, 0.25) is 5.91 Å². The van der Waals surface area contributed by atoms with Crippen molar-refractivity contribution in [3.63, 3.8) is 0 Å². The molecule has 1 aromatic rings. The molecule has 0 saturated carbocycles. The van der Waals surface area contributed by atoms with Gasteiger partial charge in [-0.1, -0.05) is 18.5 Å². The number of hydrogen-bond donors (Lipinski definition) is 2. The molecule has 0 aliphatic carbocycles. The largest absolute Gasteiger partial charge is 0.477 e. The number of aromatic nitrogens is 2. The topological polar surface area (TPSA) is 131 Å². The van der Waals surface area contributed by atoms with E-state index in [1.807, 2.05) is 6.92 Å². The minimum absolute atomic E-state index is 0.189. The van der Waals surface area contributed by atoms with Crippen LogP contribution in [0.15, 0.2) is 11.3 Å². The van der Waals surface area contributed by atoms with E-state index in [4.69, 9.17) is 16.3 Å². The van der Waals surface area contributed by atoms with Gasteiger partial charge in [-0.2, -0.15) is 5.10 Å². The standard InChI is InChI=1S/C19H23ClN4O6S/c1-8(5-23-10(3)13(20)9(2)22-23)16(26)21-14-17(27)24-15(19(28)29)12(6-30-11(4)25)7-31-18(14)24/h8,14,18H,5-7H2,1-4H3,(H,21,26)(H,28,29)/t8-,14+,18-/m1/s1. The number of fused-ring (bicyclic) bond motifs is 1. The van der Waals surface area contributed by atoms with Crippen molar-refractivity contribution in [1.29, 1.82) is 0 Å². The molecule has 3 heterocycles. The van der Waals surface area contributed by atoms with Crippen LogP contribution in [0.1, 0.15) is 25.2 Å². The number of aliphatic carboxylic acids is 1. The van der Waals surface area contributed by atoms with Gasteiger partial charge in [0.25, 0.3) is 5.91 Å². The number of nitrogens with one attached hydrogen (secondary N) is 1. The summed E-state index contributed by atoms with van der Waals surface area (Å²) in [5.74, 6) is -2.88. The molecular weight excluding hydrogens is 448 g/mol. The van der Waals surface area contributed by atoms with Crippen molar-refractivity contribution in [2.75, 3.05) is 12.4 Å². The minimum atomic E-state index is -1.28. The number of carbonyl (C=O) groups is 4. The number of aryl methyl sites for hydroxylation is 1. The van der Waals surface area contributed by atoms with Gasteiger partial charge in [0, 0.05) is 18.2 Å². The number of esters is 1. The van der Waals surface area contributed by atoms with Crippen molar-refractivity contribution in [3.8, 4) is 0 Å². The Hall–Kier alpha value is -2.53. The van der Waals surface area contributed by atoms with Crippen LogP contribution in [0.3, 0.4) is 0 Å². The fourth-order valence-corrected chi connectivity index (χ4v) is 4.94. The third kappa shape index (κ3) is 4.42. The molecule has 0 unspecified atom stereocenters. The zero-order valence-electron chi connectivity index (χ0n) is 17.5. The highest BCUT2D eigenvalue weighted by Gasteiger charge is 2.54. The van der Waals surface area contributed by atoms with Crippen LogP contribution in [0, 0.1) is 19.8 Å².